The van der Waals surface area contributed by atoms with Gasteiger partial charge in [-0.1, -0.05) is 11.8 Å². The lowest BCUT2D eigenvalue weighted by Crippen LogP contribution is -2.30. The van der Waals surface area contributed by atoms with Gasteiger partial charge in [0, 0.05) is 23.2 Å². The fourth-order valence-corrected chi connectivity index (χ4v) is 2.54. The lowest BCUT2D eigenvalue weighted by Gasteiger charge is -2.15. The summed E-state index contributed by atoms with van der Waals surface area (Å²) in [6, 6.07) is 12.8. The molecule has 2 amide bonds. The Bertz CT molecular complexity index is 752. The smallest absolute Gasteiger partial charge is 0.288 e. The maximum Gasteiger partial charge on any atom is 0.288 e. The molecular weight excluding hydrogens is 362 g/mol. The zero-order valence-corrected chi connectivity index (χ0v) is 15.0. The first kappa shape index (κ1) is 19.7. The molecule has 0 saturated carbocycles. The van der Waals surface area contributed by atoms with Crippen LogP contribution in [0.5, 0.6) is 5.75 Å². The van der Waals surface area contributed by atoms with E-state index in [2.05, 4.69) is 10.6 Å². The van der Waals surface area contributed by atoms with Gasteiger partial charge in [0.2, 0.25) is 5.91 Å². The van der Waals surface area contributed by atoms with Crippen LogP contribution >= 0.6 is 11.8 Å². The van der Waals surface area contributed by atoms with Crippen molar-refractivity contribution in [1.82, 2.24) is 0 Å². The molecule has 5 nitrogen and oxygen atoms in total. The van der Waals surface area contributed by atoms with Crippen LogP contribution in [0.3, 0.4) is 0 Å². The average molecular weight is 380 g/mol. The van der Waals surface area contributed by atoms with Gasteiger partial charge in [-0.15, -0.1) is 0 Å². The van der Waals surface area contributed by atoms with Gasteiger partial charge in [-0.05, 0) is 55.5 Å². The lowest BCUT2D eigenvalue weighted by molar-refractivity contribution is -0.122. The van der Waals surface area contributed by atoms with Crippen molar-refractivity contribution in [3.05, 3.63) is 48.5 Å². The van der Waals surface area contributed by atoms with Crippen LogP contribution in [0.25, 0.3) is 0 Å². The number of alkyl halides is 2. The molecule has 0 spiro atoms. The largest absolute Gasteiger partial charge is 0.481 e. The molecule has 1 atom stereocenters. The Morgan fingerprint density at radius 1 is 0.962 bits per heavy atom. The number of ether oxygens (including phenoxy) is 1. The molecule has 2 aromatic carbocycles. The van der Waals surface area contributed by atoms with Crippen LogP contribution in [0.2, 0.25) is 0 Å². The van der Waals surface area contributed by atoms with E-state index in [0.29, 0.717) is 33.8 Å². The number of nitrogens with one attached hydrogen (secondary N) is 2. The molecule has 0 aliphatic rings. The predicted octanol–water partition coefficient (Wildman–Crippen LogP) is 4.37. The van der Waals surface area contributed by atoms with Crippen molar-refractivity contribution in [2.75, 3.05) is 10.6 Å². The third-order valence-corrected chi connectivity index (χ3v) is 3.93. The van der Waals surface area contributed by atoms with Gasteiger partial charge >= 0.3 is 0 Å². The Morgan fingerprint density at radius 3 is 2.04 bits per heavy atom. The van der Waals surface area contributed by atoms with Gasteiger partial charge in [-0.2, -0.15) is 8.78 Å². The van der Waals surface area contributed by atoms with Crippen molar-refractivity contribution in [3.63, 3.8) is 0 Å². The van der Waals surface area contributed by atoms with Gasteiger partial charge in [0.15, 0.2) is 6.10 Å². The van der Waals surface area contributed by atoms with E-state index in [1.54, 1.807) is 43.3 Å². The molecule has 0 saturated heterocycles. The number of anilines is 2. The van der Waals surface area contributed by atoms with E-state index in [1.165, 1.54) is 19.1 Å². The molecule has 0 aliphatic carbocycles. The molecule has 26 heavy (non-hydrogen) atoms. The van der Waals surface area contributed by atoms with E-state index in [-0.39, 0.29) is 11.8 Å². The molecule has 0 radical (unpaired) electrons. The normalized spacial score (nSPS) is 11.7. The number of benzene rings is 2. The maximum absolute atomic E-state index is 12.3. The van der Waals surface area contributed by atoms with E-state index in [0.717, 1.165) is 0 Å². The minimum Gasteiger partial charge on any atom is -0.481 e. The van der Waals surface area contributed by atoms with E-state index in [4.69, 9.17) is 4.74 Å². The van der Waals surface area contributed by atoms with E-state index >= 15 is 0 Å². The molecule has 1 unspecified atom stereocenters. The molecule has 0 bridgehead atoms. The lowest BCUT2D eigenvalue weighted by atomic mass is 10.2. The van der Waals surface area contributed by atoms with Crippen molar-refractivity contribution in [3.8, 4) is 5.75 Å². The molecular formula is C18H18F2N2O3S. The van der Waals surface area contributed by atoms with Gasteiger partial charge in [0.1, 0.15) is 5.75 Å². The van der Waals surface area contributed by atoms with E-state index < -0.39 is 11.9 Å². The number of thioether (sulfide) groups is 1. The summed E-state index contributed by atoms with van der Waals surface area (Å²) >= 11 is 0.442. The Morgan fingerprint density at radius 2 is 1.50 bits per heavy atom. The van der Waals surface area contributed by atoms with Gasteiger partial charge in [-0.25, -0.2) is 0 Å². The van der Waals surface area contributed by atoms with Crippen LogP contribution in [-0.2, 0) is 9.59 Å². The minimum atomic E-state index is -2.49. The Labute approximate surface area is 154 Å². The molecule has 0 heterocycles. The van der Waals surface area contributed by atoms with Gasteiger partial charge in [-0.3, -0.25) is 9.59 Å². The van der Waals surface area contributed by atoms with Crippen LogP contribution in [0.15, 0.2) is 53.4 Å². The molecule has 2 aromatic rings. The summed E-state index contributed by atoms with van der Waals surface area (Å²) < 4.78 is 30.1. The molecule has 8 heteroatoms. The highest BCUT2D eigenvalue weighted by molar-refractivity contribution is 7.99. The minimum absolute atomic E-state index is 0.176. The fourth-order valence-electron chi connectivity index (χ4n) is 2.04. The highest BCUT2D eigenvalue weighted by Crippen LogP contribution is 2.26. The maximum atomic E-state index is 12.3. The fraction of sp³-hybridized carbons (Fsp3) is 0.222. The zero-order chi connectivity index (χ0) is 19.1. The topological polar surface area (TPSA) is 67.4 Å². The summed E-state index contributed by atoms with van der Waals surface area (Å²) in [6.45, 7) is 3.01. The number of amides is 2. The standard InChI is InChI=1S/C18H18F2N2O3S/c1-11(25-15-7-3-13(4-8-15)21-12(2)23)17(24)22-14-5-9-16(10-6-14)26-18(19)20/h3-11,18H,1-2H3,(H,21,23)(H,22,24). The molecule has 2 rings (SSSR count). The monoisotopic (exact) mass is 380 g/mol. The van der Waals surface area contributed by atoms with Crippen molar-refractivity contribution in [2.45, 2.75) is 30.6 Å². The van der Waals surface area contributed by atoms with Crippen molar-refractivity contribution >= 4 is 35.0 Å². The molecule has 0 aliphatic heterocycles. The summed E-state index contributed by atoms with van der Waals surface area (Å²) in [5.74, 6) is -2.55. The van der Waals surface area contributed by atoms with Crippen LogP contribution in [0.4, 0.5) is 20.2 Å². The predicted molar refractivity (Wildman–Crippen MR) is 97.8 cm³/mol. The summed E-state index contributed by atoms with van der Waals surface area (Å²) in [5, 5.41) is 5.30. The third-order valence-electron chi connectivity index (χ3n) is 3.20. The van der Waals surface area contributed by atoms with Crippen LogP contribution in [0, 0.1) is 0 Å². The number of carbonyl (C=O) groups excluding carboxylic acids is 2. The first-order chi connectivity index (χ1) is 12.3. The Balaban J connectivity index is 1.89. The Hall–Kier alpha value is -2.61. The third kappa shape index (κ3) is 6.36. The van der Waals surface area contributed by atoms with Crippen LogP contribution in [0.1, 0.15) is 13.8 Å². The second-order valence-corrected chi connectivity index (χ2v) is 6.42. The summed E-state index contributed by atoms with van der Waals surface area (Å²) in [5.41, 5.74) is 1.12. The molecule has 0 fully saturated rings. The van der Waals surface area contributed by atoms with Crippen LogP contribution < -0.4 is 15.4 Å². The summed E-state index contributed by atoms with van der Waals surface area (Å²) in [6.07, 6.45) is -0.767. The Kier molecular flexibility index (Phi) is 6.97. The number of rotatable bonds is 7. The summed E-state index contributed by atoms with van der Waals surface area (Å²) in [4.78, 5) is 23.6. The van der Waals surface area contributed by atoms with Crippen molar-refractivity contribution in [2.24, 2.45) is 0 Å². The van der Waals surface area contributed by atoms with E-state index in [1.807, 2.05) is 0 Å². The van der Waals surface area contributed by atoms with Crippen LogP contribution in [-0.4, -0.2) is 23.7 Å². The van der Waals surface area contributed by atoms with Gasteiger partial charge in [0.25, 0.3) is 11.7 Å². The average Bonchev–Trinajstić information content (AvgIpc) is 2.57. The SMILES string of the molecule is CC(=O)Nc1ccc(OC(C)C(=O)Nc2ccc(SC(F)F)cc2)cc1. The second kappa shape index (κ2) is 9.19. The number of hydrogen-bond acceptors (Lipinski definition) is 4. The first-order valence-corrected chi connectivity index (χ1v) is 8.61. The van der Waals surface area contributed by atoms with Crippen molar-refractivity contribution < 1.29 is 23.1 Å². The zero-order valence-electron chi connectivity index (χ0n) is 14.2. The first-order valence-electron chi connectivity index (χ1n) is 7.73. The highest BCUT2D eigenvalue weighted by atomic mass is 32.2. The number of hydrogen-bond donors (Lipinski definition) is 2. The second-order valence-electron chi connectivity index (χ2n) is 5.36. The van der Waals surface area contributed by atoms with E-state index in [9.17, 15) is 18.4 Å². The molecule has 138 valence electrons. The van der Waals surface area contributed by atoms with Gasteiger partial charge < -0.3 is 15.4 Å². The van der Waals surface area contributed by atoms with Gasteiger partial charge in [0.05, 0.1) is 0 Å². The number of carbonyl (C=O) groups is 2. The number of halogens is 2. The molecule has 2 N–H and O–H groups in total. The van der Waals surface area contributed by atoms with Crippen molar-refractivity contribution in [1.29, 1.82) is 0 Å². The highest BCUT2D eigenvalue weighted by Gasteiger charge is 2.15. The quantitative estimate of drug-likeness (QED) is 0.700. The molecule has 0 aromatic heterocycles. The summed E-state index contributed by atoms with van der Waals surface area (Å²) in [7, 11) is 0.